The van der Waals surface area contributed by atoms with Gasteiger partial charge in [-0.05, 0) is 36.4 Å². The Labute approximate surface area is 157 Å². The van der Waals surface area contributed by atoms with E-state index in [4.69, 9.17) is 33.8 Å². The van der Waals surface area contributed by atoms with Gasteiger partial charge < -0.3 is 10.6 Å². The van der Waals surface area contributed by atoms with Crippen LogP contribution in [0.2, 0.25) is 10.0 Å². The van der Waals surface area contributed by atoms with E-state index in [0.717, 1.165) is 0 Å². The fourth-order valence-electron chi connectivity index (χ4n) is 2.07. The van der Waals surface area contributed by atoms with Crippen LogP contribution in [0.4, 0.5) is 4.39 Å². The van der Waals surface area contributed by atoms with Crippen molar-refractivity contribution in [3.8, 4) is 17.1 Å². The largest absolute Gasteiger partial charge is 0.490 e. The van der Waals surface area contributed by atoms with Crippen LogP contribution in [0.25, 0.3) is 11.4 Å². The number of hydrogen-bond donors (Lipinski definition) is 1. The summed E-state index contributed by atoms with van der Waals surface area (Å²) in [6.45, 7) is 0.368. The first-order valence-electron chi connectivity index (χ1n) is 7.22. The molecule has 0 saturated heterocycles. The van der Waals surface area contributed by atoms with Gasteiger partial charge in [0, 0.05) is 11.3 Å². The number of hydrogen-bond acceptors (Lipinski definition) is 5. The second-order valence-electron chi connectivity index (χ2n) is 4.93. The summed E-state index contributed by atoms with van der Waals surface area (Å²) in [5, 5.41) is 9.52. The fraction of sp³-hybridized carbons (Fsp3) is 0.125. The fourth-order valence-corrected chi connectivity index (χ4v) is 3.25. The van der Waals surface area contributed by atoms with Crippen molar-refractivity contribution < 1.29 is 9.13 Å². The molecule has 5 nitrogen and oxygen atoms in total. The number of thioether (sulfide) groups is 1. The minimum atomic E-state index is -0.322. The zero-order chi connectivity index (χ0) is 17.8. The van der Waals surface area contributed by atoms with Gasteiger partial charge in [0.25, 0.3) is 0 Å². The molecule has 0 radical (unpaired) electrons. The van der Waals surface area contributed by atoms with Crippen molar-refractivity contribution in [3.63, 3.8) is 0 Å². The zero-order valence-electron chi connectivity index (χ0n) is 12.8. The van der Waals surface area contributed by atoms with Crippen molar-refractivity contribution in [3.05, 3.63) is 58.3 Å². The molecule has 130 valence electrons. The van der Waals surface area contributed by atoms with Gasteiger partial charge >= 0.3 is 0 Å². The number of nitrogen functional groups attached to an aromatic ring is 1. The molecular weight excluding hydrogens is 386 g/mol. The molecule has 0 fully saturated rings. The van der Waals surface area contributed by atoms with Crippen LogP contribution in [0, 0.1) is 5.82 Å². The summed E-state index contributed by atoms with van der Waals surface area (Å²) in [5.41, 5.74) is 0.683. The van der Waals surface area contributed by atoms with Gasteiger partial charge in [-0.2, -0.15) is 0 Å². The molecule has 0 unspecified atom stereocenters. The zero-order valence-corrected chi connectivity index (χ0v) is 15.2. The second kappa shape index (κ2) is 7.95. The maximum Gasteiger partial charge on any atom is 0.210 e. The van der Waals surface area contributed by atoms with Crippen molar-refractivity contribution >= 4 is 35.0 Å². The van der Waals surface area contributed by atoms with Gasteiger partial charge in [-0.15, -0.1) is 10.2 Å². The lowest BCUT2D eigenvalue weighted by molar-refractivity contribution is 0.344. The van der Waals surface area contributed by atoms with Gasteiger partial charge in [0.05, 0.1) is 16.7 Å². The smallest absolute Gasteiger partial charge is 0.210 e. The summed E-state index contributed by atoms with van der Waals surface area (Å²) in [4.78, 5) is 0. The molecule has 2 N–H and O–H groups in total. The molecule has 0 aliphatic rings. The quantitative estimate of drug-likeness (QED) is 0.381. The molecule has 2 aromatic carbocycles. The highest BCUT2D eigenvalue weighted by Gasteiger charge is 2.13. The predicted octanol–water partition coefficient (Wildman–Crippen LogP) is 4.28. The van der Waals surface area contributed by atoms with Crippen LogP contribution >= 0.6 is 35.0 Å². The van der Waals surface area contributed by atoms with Crippen LogP contribution < -0.4 is 10.6 Å². The van der Waals surface area contributed by atoms with E-state index in [-0.39, 0.29) is 5.82 Å². The van der Waals surface area contributed by atoms with Crippen LogP contribution in [-0.4, -0.2) is 27.2 Å². The highest BCUT2D eigenvalue weighted by molar-refractivity contribution is 7.99. The summed E-state index contributed by atoms with van der Waals surface area (Å²) in [6.07, 6.45) is 0. The van der Waals surface area contributed by atoms with Crippen LogP contribution in [0.15, 0.2) is 47.6 Å². The van der Waals surface area contributed by atoms with Gasteiger partial charge in [0.15, 0.2) is 11.6 Å². The summed E-state index contributed by atoms with van der Waals surface area (Å²) in [5.74, 6) is 7.16. The van der Waals surface area contributed by atoms with Crippen molar-refractivity contribution in [2.24, 2.45) is 0 Å². The molecule has 1 aromatic heterocycles. The van der Waals surface area contributed by atoms with Crippen LogP contribution in [-0.2, 0) is 0 Å². The Bertz CT molecular complexity index is 853. The van der Waals surface area contributed by atoms with Crippen LogP contribution in [0.3, 0.4) is 0 Å². The molecule has 9 heteroatoms. The van der Waals surface area contributed by atoms with Gasteiger partial charge in [-0.25, -0.2) is 9.07 Å². The summed E-state index contributed by atoms with van der Waals surface area (Å²) >= 11 is 13.5. The van der Waals surface area contributed by atoms with E-state index in [0.29, 0.717) is 44.7 Å². The van der Waals surface area contributed by atoms with Crippen LogP contribution in [0.5, 0.6) is 5.75 Å². The molecule has 0 atom stereocenters. The molecule has 25 heavy (non-hydrogen) atoms. The Balaban J connectivity index is 1.60. The molecule has 0 bridgehead atoms. The third kappa shape index (κ3) is 4.18. The normalized spacial score (nSPS) is 10.8. The van der Waals surface area contributed by atoms with E-state index in [1.165, 1.54) is 28.6 Å². The number of para-hydroxylation sites is 1. The average molecular weight is 399 g/mol. The summed E-state index contributed by atoms with van der Waals surface area (Å²) in [6, 6.07) is 11.1. The lowest BCUT2D eigenvalue weighted by Crippen LogP contribution is -2.12. The molecule has 3 rings (SSSR count). The van der Waals surface area contributed by atoms with Gasteiger partial charge in [0.1, 0.15) is 5.82 Å². The van der Waals surface area contributed by atoms with Crippen molar-refractivity contribution in [2.75, 3.05) is 18.2 Å². The van der Waals surface area contributed by atoms with E-state index in [1.807, 2.05) is 0 Å². The van der Waals surface area contributed by atoms with E-state index >= 15 is 0 Å². The molecule has 0 aliphatic carbocycles. The molecule has 3 aromatic rings. The van der Waals surface area contributed by atoms with Crippen molar-refractivity contribution in [1.29, 1.82) is 0 Å². The highest BCUT2D eigenvalue weighted by Crippen LogP contribution is 2.32. The molecular formula is C16H13Cl2FN4OS. The minimum Gasteiger partial charge on any atom is -0.490 e. The highest BCUT2D eigenvalue weighted by atomic mass is 35.5. The van der Waals surface area contributed by atoms with E-state index in [9.17, 15) is 4.39 Å². The number of benzene rings is 2. The Kier molecular flexibility index (Phi) is 5.67. The first-order chi connectivity index (χ1) is 12.1. The van der Waals surface area contributed by atoms with Gasteiger partial charge in [-0.3, -0.25) is 0 Å². The lowest BCUT2D eigenvalue weighted by atomic mass is 10.2. The standard InChI is InChI=1S/C16H13Cl2FN4OS/c17-12-2-1-3-13(18)14(12)24-8-9-25-16-22-21-15(23(16)20)10-4-6-11(19)7-5-10/h1-7H,8-9,20H2. The lowest BCUT2D eigenvalue weighted by Gasteiger charge is -2.09. The molecule has 0 saturated carbocycles. The third-order valence-corrected chi connectivity index (χ3v) is 4.75. The average Bonchev–Trinajstić information content (AvgIpc) is 2.95. The summed E-state index contributed by atoms with van der Waals surface area (Å²) in [7, 11) is 0. The molecule has 0 aliphatic heterocycles. The third-order valence-electron chi connectivity index (χ3n) is 3.25. The SMILES string of the molecule is Nn1c(SCCOc2c(Cl)cccc2Cl)nnc1-c1ccc(F)cc1. The number of nitrogens with zero attached hydrogens (tertiary/aromatic N) is 3. The molecule has 1 heterocycles. The molecule has 0 amide bonds. The Morgan fingerprint density at radius 2 is 1.76 bits per heavy atom. The second-order valence-corrected chi connectivity index (χ2v) is 6.81. The van der Waals surface area contributed by atoms with Gasteiger partial charge in [-0.1, -0.05) is 41.0 Å². The van der Waals surface area contributed by atoms with Crippen LogP contribution in [0.1, 0.15) is 0 Å². The maximum absolute atomic E-state index is 13.0. The topological polar surface area (TPSA) is 66.0 Å². The van der Waals surface area contributed by atoms with Crippen molar-refractivity contribution in [1.82, 2.24) is 14.9 Å². The summed E-state index contributed by atoms with van der Waals surface area (Å²) < 4.78 is 20.0. The van der Waals surface area contributed by atoms with Gasteiger partial charge in [0.2, 0.25) is 5.16 Å². The predicted molar refractivity (Wildman–Crippen MR) is 98.2 cm³/mol. The Morgan fingerprint density at radius 1 is 1.08 bits per heavy atom. The number of aromatic nitrogens is 3. The number of halogens is 3. The van der Waals surface area contributed by atoms with E-state index < -0.39 is 0 Å². The Morgan fingerprint density at radius 3 is 2.44 bits per heavy atom. The number of ether oxygens (including phenoxy) is 1. The molecule has 0 spiro atoms. The number of rotatable bonds is 6. The number of nitrogens with two attached hydrogens (primary N) is 1. The monoisotopic (exact) mass is 398 g/mol. The Hall–Kier alpha value is -1.96. The maximum atomic E-state index is 13.0. The first kappa shape index (κ1) is 17.8. The van der Waals surface area contributed by atoms with E-state index in [2.05, 4.69) is 10.2 Å². The minimum absolute atomic E-state index is 0.322. The first-order valence-corrected chi connectivity index (χ1v) is 8.96. The van der Waals surface area contributed by atoms with Crippen molar-refractivity contribution in [2.45, 2.75) is 5.16 Å². The van der Waals surface area contributed by atoms with E-state index in [1.54, 1.807) is 30.3 Å².